The number of methoxy groups -OCH3 is 1. The Kier molecular flexibility index (Phi) is 8.32. The van der Waals surface area contributed by atoms with Crippen molar-refractivity contribution in [3.63, 3.8) is 0 Å². The van der Waals surface area contributed by atoms with Gasteiger partial charge >= 0.3 is 0 Å². The molecule has 0 unspecified atom stereocenters. The van der Waals surface area contributed by atoms with Crippen molar-refractivity contribution in [1.29, 1.82) is 0 Å². The Bertz CT molecular complexity index is 1010. The topological polar surface area (TPSA) is 107 Å². The van der Waals surface area contributed by atoms with Crippen LogP contribution in [0, 0.1) is 0 Å². The minimum absolute atomic E-state index is 0.123. The molecule has 0 radical (unpaired) electrons. The number of ether oxygens (including phenoxy) is 4. The largest absolute Gasteiger partial charge is 0.493 e. The first-order valence-electron chi connectivity index (χ1n) is 10.0. The summed E-state index contributed by atoms with van der Waals surface area (Å²) in [5.74, 6) is 1.37. The van der Waals surface area contributed by atoms with Crippen molar-refractivity contribution in [3.8, 4) is 23.0 Å². The summed E-state index contributed by atoms with van der Waals surface area (Å²) in [7, 11) is 1.56. The van der Waals surface area contributed by atoms with Crippen molar-refractivity contribution in [3.05, 3.63) is 45.9 Å². The predicted octanol–water partition coefficient (Wildman–Crippen LogP) is 3.25. The number of nitrogens with one attached hydrogen (secondary N) is 2. The average Bonchev–Trinajstić information content (AvgIpc) is 3.26. The molecular formula is C22H24BrN3O6. The molecule has 0 saturated carbocycles. The highest BCUT2D eigenvalue weighted by molar-refractivity contribution is 9.10. The number of fused-ring (bicyclic) bond motifs is 1. The van der Waals surface area contributed by atoms with E-state index in [-0.39, 0.29) is 13.3 Å². The van der Waals surface area contributed by atoms with Crippen molar-refractivity contribution in [1.82, 2.24) is 10.7 Å². The first-order chi connectivity index (χ1) is 15.5. The van der Waals surface area contributed by atoms with Gasteiger partial charge in [0.25, 0.3) is 11.8 Å². The van der Waals surface area contributed by atoms with Gasteiger partial charge in [-0.15, -0.1) is 0 Å². The Hall–Kier alpha value is -3.27. The van der Waals surface area contributed by atoms with Crippen LogP contribution in [0.3, 0.4) is 0 Å². The van der Waals surface area contributed by atoms with E-state index < -0.39 is 11.8 Å². The van der Waals surface area contributed by atoms with Crippen molar-refractivity contribution < 1.29 is 28.5 Å². The number of hydrogen-bond donors (Lipinski definition) is 2. The van der Waals surface area contributed by atoms with E-state index in [0.717, 1.165) is 17.3 Å². The monoisotopic (exact) mass is 505 g/mol. The van der Waals surface area contributed by atoms with Gasteiger partial charge < -0.3 is 24.3 Å². The summed E-state index contributed by atoms with van der Waals surface area (Å²) >= 11 is 3.48. The van der Waals surface area contributed by atoms with Crippen LogP contribution in [0.4, 0.5) is 0 Å². The highest BCUT2D eigenvalue weighted by Gasteiger charge is 2.16. The van der Waals surface area contributed by atoms with E-state index in [2.05, 4.69) is 38.7 Å². The molecule has 2 aromatic rings. The van der Waals surface area contributed by atoms with Crippen LogP contribution in [0.1, 0.15) is 35.7 Å². The third-order valence-corrected chi connectivity index (χ3v) is 5.03. The molecule has 2 N–H and O–H groups in total. The summed E-state index contributed by atoms with van der Waals surface area (Å²) < 4.78 is 22.3. The summed E-state index contributed by atoms with van der Waals surface area (Å²) in [5, 5.41) is 6.46. The van der Waals surface area contributed by atoms with Gasteiger partial charge in [0.2, 0.25) is 6.79 Å². The van der Waals surface area contributed by atoms with E-state index in [0.29, 0.717) is 40.7 Å². The van der Waals surface area contributed by atoms with Gasteiger partial charge in [0.15, 0.2) is 23.0 Å². The summed E-state index contributed by atoms with van der Waals surface area (Å²) in [6.07, 6.45) is 3.44. The highest BCUT2D eigenvalue weighted by atomic mass is 79.9. The quantitative estimate of drug-likeness (QED) is 0.291. The van der Waals surface area contributed by atoms with Gasteiger partial charge in [-0.3, -0.25) is 9.59 Å². The molecule has 0 bridgehead atoms. The zero-order valence-corrected chi connectivity index (χ0v) is 19.4. The first-order valence-corrected chi connectivity index (χ1v) is 10.8. The standard InChI is InChI=1S/C22H24BrN3O6/c1-3-4-7-30-21-16(23)8-14(9-19(21)29-2)11-25-26-20(27)12-24-22(28)15-5-6-17-18(10-15)32-13-31-17/h5-6,8-11H,3-4,7,12-13H2,1-2H3,(H,24,28)(H,26,27). The first kappa shape index (κ1) is 23.4. The average molecular weight is 506 g/mol. The summed E-state index contributed by atoms with van der Waals surface area (Å²) in [6.45, 7) is 2.57. The van der Waals surface area contributed by atoms with Crippen molar-refractivity contribution in [2.45, 2.75) is 19.8 Å². The summed E-state index contributed by atoms with van der Waals surface area (Å²) in [5.41, 5.74) is 3.44. The summed E-state index contributed by atoms with van der Waals surface area (Å²) in [6, 6.07) is 8.37. The van der Waals surface area contributed by atoms with Crippen LogP contribution in [0.25, 0.3) is 0 Å². The molecule has 32 heavy (non-hydrogen) atoms. The molecule has 0 spiro atoms. The van der Waals surface area contributed by atoms with Crippen molar-refractivity contribution >= 4 is 34.0 Å². The van der Waals surface area contributed by atoms with Crippen LogP contribution in [0.2, 0.25) is 0 Å². The van der Waals surface area contributed by atoms with Crippen LogP contribution < -0.4 is 29.7 Å². The molecule has 1 heterocycles. The number of unbranched alkanes of at least 4 members (excludes halogenated alkanes) is 1. The Morgan fingerprint density at radius 1 is 1.22 bits per heavy atom. The second-order valence-electron chi connectivity index (χ2n) is 6.78. The molecule has 10 heteroatoms. The minimum atomic E-state index is -0.471. The van der Waals surface area contributed by atoms with E-state index in [4.69, 9.17) is 18.9 Å². The van der Waals surface area contributed by atoms with Gasteiger partial charge in [-0.05, 0) is 58.2 Å². The number of benzene rings is 2. The molecule has 1 aliphatic heterocycles. The van der Waals surface area contributed by atoms with Crippen LogP contribution >= 0.6 is 15.9 Å². The lowest BCUT2D eigenvalue weighted by Crippen LogP contribution is -2.34. The number of amides is 2. The molecule has 0 aromatic heterocycles. The second-order valence-corrected chi connectivity index (χ2v) is 7.63. The Labute approximate surface area is 194 Å². The maximum absolute atomic E-state index is 12.2. The zero-order chi connectivity index (χ0) is 22.9. The van der Waals surface area contributed by atoms with E-state index >= 15 is 0 Å². The smallest absolute Gasteiger partial charge is 0.259 e. The van der Waals surface area contributed by atoms with Crippen LogP contribution in [0.5, 0.6) is 23.0 Å². The Morgan fingerprint density at radius 3 is 2.81 bits per heavy atom. The number of carbonyl (C=O) groups is 2. The minimum Gasteiger partial charge on any atom is -0.493 e. The fraction of sp³-hybridized carbons (Fsp3) is 0.318. The number of carbonyl (C=O) groups excluding carboxylic acids is 2. The van der Waals surface area contributed by atoms with E-state index in [1.54, 1.807) is 37.4 Å². The predicted molar refractivity (Wildman–Crippen MR) is 122 cm³/mol. The molecule has 0 saturated heterocycles. The lowest BCUT2D eigenvalue weighted by Gasteiger charge is -2.13. The van der Waals surface area contributed by atoms with Crippen LogP contribution in [0.15, 0.2) is 39.9 Å². The van der Waals surface area contributed by atoms with Crippen molar-refractivity contribution in [2.75, 3.05) is 27.1 Å². The molecule has 3 rings (SSSR count). The second kappa shape index (κ2) is 11.4. The van der Waals surface area contributed by atoms with Gasteiger partial charge in [0.05, 0.1) is 30.9 Å². The fourth-order valence-corrected chi connectivity index (χ4v) is 3.37. The number of hydrogen-bond acceptors (Lipinski definition) is 7. The highest BCUT2D eigenvalue weighted by Crippen LogP contribution is 2.36. The number of rotatable bonds is 10. The van der Waals surface area contributed by atoms with E-state index in [1.807, 2.05) is 0 Å². The molecule has 2 aromatic carbocycles. The maximum Gasteiger partial charge on any atom is 0.259 e. The normalized spacial score (nSPS) is 12.0. The molecule has 1 aliphatic rings. The number of nitrogens with zero attached hydrogens (tertiary/aromatic N) is 1. The molecule has 2 amide bonds. The number of halogens is 1. The third kappa shape index (κ3) is 6.13. The third-order valence-electron chi connectivity index (χ3n) is 4.44. The zero-order valence-electron chi connectivity index (χ0n) is 17.8. The summed E-state index contributed by atoms with van der Waals surface area (Å²) in [4.78, 5) is 24.2. The SMILES string of the molecule is CCCCOc1c(Br)cc(C=NNC(=O)CNC(=O)c2ccc3c(c2)OCO3)cc1OC. The van der Waals surface area contributed by atoms with Crippen LogP contribution in [-0.2, 0) is 4.79 Å². The van der Waals surface area contributed by atoms with E-state index in [1.165, 1.54) is 6.21 Å². The molecule has 9 nitrogen and oxygen atoms in total. The van der Waals surface area contributed by atoms with Gasteiger partial charge in [-0.1, -0.05) is 13.3 Å². The van der Waals surface area contributed by atoms with E-state index in [9.17, 15) is 9.59 Å². The molecule has 0 atom stereocenters. The lowest BCUT2D eigenvalue weighted by atomic mass is 10.2. The van der Waals surface area contributed by atoms with Crippen molar-refractivity contribution in [2.24, 2.45) is 5.10 Å². The molecule has 0 aliphatic carbocycles. The number of hydrazone groups is 1. The van der Waals surface area contributed by atoms with Crippen LogP contribution in [-0.4, -0.2) is 45.1 Å². The van der Waals surface area contributed by atoms with Gasteiger partial charge in [-0.25, -0.2) is 5.43 Å². The van der Waals surface area contributed by atoms with Gasteiger partial charge in [-0.2, -0.15) is 5.10 Å². The molecule has 0 fully saturated rings. The molecule has 170 valence electrons. The van der Waals surface area contributed by atoms with Gasteiger partial charge in [0, 0.05) is 5.56 Å². The van der Waals surface area contributed by atoms with Gasteiger partial charge in [0.1, 0.15) is 0 Å². The maximum atomic E-state index is 12.2. The fourth-order valence-electron chi connectivity index (χ4n) is 2.79. The lowest BCUT2D eigenvalue weighted by molar-refractivity contribution is -0.120. The molecular weight excluding hydrogens is 482 g/mol. The Morgan fingerprint density at radius 2 is 2.03 bits per heavy atom. The Balaban J connectivity index is 1.51.